The topological polar surface area (TPSA) is 0 Å². The predicted octanol–water partition coefficient (Wildman–Crippen LogP) is 20.1. The maximum Gasteiger partial charge on any atom is 0.0272 e. The van der Waals surface area contributed by atoms with Crippen LogP contribution in [-0.2, 0) is 32.5 Å². The van der Waals surface area contributed by atoms with E-state index in [9.17, 15) is 0 Å². The van der Waals surface area contributed by atoms with Crippen molar-refractivity contribution in [2.45, 2.75) is 191 Å². The summed E-state index contributed by atoms with van der Waals surface area (Å²) in [4.78, 5) is 0. The van der Waals surface area contributed by atoms with Gasteiger partial charge in [0.15, 0.2) is 0 Å². The molecule has 3 spiro atoms. The molecule has 0 unspecified atom stereocenters. The van der Waals surface area contributed by atoms with Crippen molar-refractivity contribution in [2.75, 3.05) is 0 Å². The van der Waals surface area contributed by atoms with Crippen molar-refractivity contribution in [1.82, 2.24) is 0 Å². The molecule has 0 N–H and O–H groups in total. The molecular weight excluding hydrogens is 937 g/mol. The van der Waals surface area contributed by atoms with Crippen LogP contribution in [0.25, 0.3) is 33.4 Å². The van der Waals surface area contributed by atoms with Gasteiger partial charge < -0.3 is 0 Å². The highest BCUT2D eigenvalue weighted by atomic mass is 14.7. The SMILES string of the molecule is CC(C)(C)c1ccc2c(c1)-c1ccccc1C21C2CC3CC(C2)CC1C3.CC(C)(C)c1ccc2c(c1)C1(c3ccccc3-2)C2CC3CC(C2)CC1C3.CC(C)(C)c1cccc2c1-c1ccccc1C21C2CC3CC(C2)CC1C3. The van der Waals surface area contributed by atoms with E-state index in [2.05, 4.69) is 190 Å². The van der Waals surface area contributed by atoms with Gasteiger partial charge in [-0.15, -0.1) is 0 Å². The van der Waals surface area contributed by atoms with Crippen molar-refractivity contribution in [2.24, 2.45) is 71.0 Å². The summed E-state index contributed by atoms with van der Waals surface area (Å²) in [5.41, 5.74) is 25.6. The highest BCUT2D eigenvalue weighted by molar-refractivity contribution is 5.86. The minimum atomic E-state index is 0.190. The fourth-order valence-electron chi connectivity index (χ4n) is 23.1. The molecule has 6 aromatic rings. The van der Waals surface area contributed by atoms with Crippen molar-refractivity contribution in [3.63, 3.8) is 0 Å². The Hall–Kier alpha value is -4.68. The van der Waals surface area contributed by atoms with E-state index < -0.39 is 0 Å². The van der Waals surface area contributed by atoms with E-state index in [-0.39, 0.29) is 16.2 Å². The van der Waals surface area contributed by atoms with Gasteiger partial charge in [-0.05, 0) is 267 Å². The summed E-state index contributed by atoms with van der Waals surface area (Å²) in [7, 11) is 0. The van der Waals surface area contributed by atoms with E-state index in [0.29, 0.717) is 16.2 Å². The third kappa shape index (κ3) is 6.65. The Balaban J connectivity index is 0.0000000978. The van der Waals surface area contributed by atoms with Crippen LogP contribution in [0.1, 0.15) is 209 Å². The Morgan fingerprint density at radius 1 is 0.269 bits per heavy atom. The minimum absolute atomic E-state index is 0.190. The van der Waals surface area contributed by atoms with Crippen molar-refractivity contribution in [1.29, 1.82) is 0 Å². The molecule has 402 valence electrons. The van der Waals surface area contributed by atoms with Crippen LogP contribution in [0.2, 0.25) is 0 Å². The van der Waals surface area contributed by atoms with E-state index in [0.717, 1.165) is 71.0 Å². The van der Waals surface area contributed by atoms with Crippen LogP contribution in [0, 0.1) is 71.0 Å². The second-order valence-electron chi connectivity index (χ2n) is 32.2. The lowest BCUT2D eigenvalue weighted by atomic mass is 9.43. The average molecular weight is 1030 g/mol. The molecule has 12 saturated carbocycles. The van der Waals surface area contributed by atoms with Crippen LogP contribution in [0.4, 0.5) is 0 Å². The largest absolute Gasteiger partial charge is 0.0619 e. The van der Waals surface area contributed by atoms with Crippen LogP contribution in [0.3, 0.4) is 0 Å². The van der Waals surface area contributed by atoms with Gasteiger partial charge in [-0.1, -0.05) is 190 Å². The molecule has 12 fully saturated rings. The summed E-state index contributed by atoms with van der Waals surface area (Å²) < 4.78 is 0. The highest BCUT2D eigenvalue weighted by Gasteiger charge is 2.65. The number of benzene rings is 6. The normalized spacial score (nSPS) is 36.4. The number of rotatable bonds is 0. The molecule has 0 radical (unpaired) electrons. The van der Waals surface area contributed by atoms with Gasteiger partial charge in [0.1, 0.15) is 0 Å². The van der Waals surface area contributed by atoms with Gasteiger partial charge in [-0.25, -0.2) is 0 Å². The molecule has 15 aliphatic rings. The van der Waals surface area contributed by atoms with Gasteiger partial charge in [0.25, 0.3) is 0 Å². The van der Waals surface area contributed by atoms with E-state index in [4.69, 9.17) is 0 Å². The highest BCUT2D eigenvalue weighted by Crippen LogP contribution is 2.73. The zero-order chi connectivity index (χ0) is 53.0. The second kappa shape index (κ2) is 16.7. The van der Waals surface area contributed by atoms with Crippen molar-refractivity contribution in [3.8, 4) is 33.4 Å². The Labute approximate surface area is 470 Å². The van der Waals surface area contributed by atoms with Gasteiger partial charge >= 0.3 is 0 Å². The van der Waals surface area contributed by atoms with Crippen LogP contribution >= 0.6 is 0 Å². The van der Waals surface area contributed by atoms with Crippen molar-refractivity contribution >= 4 is 0 Å². The molecule has 12 bridgehead atoms. The third-order valence-electron chi connectivity index (χ3n) is 25.2. The molecule has 15 aliphatic carbocycles. The summed E-state index contributed by atoms with van der Waals surface area (Å²) in [6.45, 7) is 21.3. The fraction of sp³-hybridized carbons (Fsp3) is 0.538. The lowest BCUT2D eigenvalue weighted by Gasteiger charge is -2.61. The molecule has 0 amide bonds. The first kappa shape index (κ1) is 49.2. The van der Waals surface area contributed by atoms with Crippen LogP contribution in [0.5, 0.6) is 0 Å². The second-order valence-corrected chi connectivity index (χ2v) is 32.2. The quantitative estimate of drug-likeness (QED) is 0.142. The molecule has 0 saturated heterocycles. The fourth-order valence-corrected chi connectivity index (χ4v) is 23.1. The smallest absolute Gasteiger partial charge is 0.0272 e. The maximum absolute atomic E-state index is 2.62. The summed E-state index contributed by atoms with van der Waals surface area (Å²) >= 11 is 0. The number of fused-ring (bicyclic) bond motifs is 9. The molecule has 0 nitrogen and oxygen atoms in total. The van der Waals surface area contributed by atoms with E-state index in [1.54, 1.807) is 66.8 Å². The Morgan fingerprint density at radius 3 is 1.05 bits per heavy atom. The Kier molecular flexibility index (Phi) is 10.5. The Bertz CT molecular complexity index is 3280. The molecule has 0 heterocycles. The van der Waals surface area contributed by atoms with Crippen molar-refractivity contribution in [3.05, 3.63) is 177 Å². The summed E-state index contributed by atoms with van der Waals surface area (Å²) in [6.07, 6.45) is 22.3. The molecule has 78 heavy (non-hydrogen) atoms. The van der Waals surface area contributed by atoms with Gasteiger partial charge in [0.05, 0.1) is 0 Å². The van der Waals surface area contributed by atoms with Gasteiger partial charge in [-0.3, -0.25) is 0 Å². The number of hydrogen-bond acceptors (Lipinski definition) is 0. The summed E-state index contributed by atoms with van der Waals surface area (Å²) in [6, 6.07) is 50.6. The van der Waals surface area contributed by atoms with E-state index in [1.165, 1.54) is 113 Å². The summed E-state index contributed by atoms with van der Waals surface area (Å²) in [5, 5.41) is 0. The molecule has 0 heteroatoms. The minimum Gasteiger partial charge on any atom is -0.0619 e. The maximum atomic E-state index is 2.62. The van der Waals surface area contributed by atoms with E-state index >= 15 is 0 Å². The standard InChI is InChI=1S/3C26H30/c1-25(2,3)22-9-6-10-23-24(22)20-7-4-5-8-21(20)26(23)18-12-16-11-17(14-18)15-19(26)13-16;1-25(2,3)18-8-9-24-22(15-18)21-6-4-5-7-23(21)26(24)19-11-16-10-17(13-19)14-20(26)12-16;1-25(2,3)18-8-9-22-21-6-4-5-7-23(21)26(24(22)15-18)19-11-16-10-17(13-19)14-20(26)12-16/h4-10,16-19H,11-15H2,1-3H3;2*4-9,15-17,19-20H,10-14H2,1-3H3. The van der Waals surface area contributed by atoms with Gasteiger partial charge in [0.2, 0.25) is 0 Å². The van der Waals surface area contributed by atoms with Crippen LogP contribution in [-0.4, -0.2) is 0 Å². The lowest BCUT2D eigenvalue weighted by molar-refractivity contribution is -0.0400. The predicted molar refractivity (Wildman–Crippen MR) is 325 cm³/mol. The molecule has 0 aliphatic heterocycles. The van der Waals surface area contributed by atoms with Crippen LogP contribution < -0.4 is 0 Å². The van der Waals surface area contributed by atoms with Crippen molar-refractivity contribution < 1.29 is 0 Å². The summed E-state index contributed by atoms with van der Waals surface area (Å²) in [5.74, 6) is 11.4. The molecule has 21 rings (SSSR count). The first-order chi connectivity index (χ1) is 37.4. The zero-order valence-electron chi connectivity index (χ0n) is 49.2. The third-order valence-corrected chi connectivity index (χ3v) is 25.2. The Morgan fingerprint density at radius 2 is 0.603 bits per heavy atom. The molecule has 6 aromatic carbocycles. The van der Waals surface area contributed by atoms with Gasteiger partial charge in [-0.2, -0.15) is 0 Å². The van der Waals surface area contributed by atoms with Crippen LogP contribution in [0.15, 0.2) is 127 Å². The number of hydrogen-bond donors (Lipinski definition) is 0. The monoisotopic (exact) mass is 1030 g/mol. The molecule has 0 aromatic heterocycles. The zero-order valence-corrected chi connectivity index (χ0v) is 49.2. The molecular formula is C78H90. The lowest BCUT2D eigenvalue weighted by Crippen LogP contribution is -2.55. The van der Waals surface area contributed by atoms with E-state index in [1.807, 2.05) is 0 Å². The molecule has 0 atom stereocenters. The first-order valence-electron chi connectivity index (χ1n) is 32.2. The van der Waals surface area contributed by atoms with Gasteiger partial charge in [0, 0.05) is 16.2 Å². The first-order valence-corrected chi connectivity index (χ1v) is 32.2. The average Bonchev–Trinajstić information content (AvgIpc) is 3.18.